The van der Waals surface area contributed by atoms with Crippen LogP contribution in [0.2, 0.25) is 0 Å². The van der Waals surface area contributed by atoms with E-state index in [9.17, 15) is 13.2 Å². The Morgan fingerprint density at radius 2 is 1.79 bits per heavy atom. The van der Waals surface area contributed by atoms with E-state index in [1.165, 1.54) is 22.7 Å². The van der Waals surface area contributed by atoms with Gasteiger partial charge in [0.1, 0.15) is 0 Å². The summed E-state index contributed by atoms with van der Waals surface area (Å²) in [6, 6.07) is 7.56. The standard InChI is InChI=1S/C18H26N6O3S/c1-15(16-4-6-17(7-5-16)23-9-8-19-14-23)20-18(25)22-10-12-24(13-11-22)28(26,27)21(2)3/h4-9,14-15H,10-13H2,1-3H3,(H,20,25)/t15-/m1/s1. The second kappa shape index (κ2) is 8.29. The molecule has 1 aliphatic heterocycles. The molecule has 10 heteroatoms. The van der Waals surface area contributed by atoms with Crippen LogP contribution in [0.25, 0.3) is 5.69 Å². The molecule has 1 fully saturated rings. The zero-order valence-corrected chi connectivity index (χ0v) is 17.1. The lowest BCUT2D eigenvalue weighted by molar-refractivity contribution is 0.167. The van der Waals surface area contributed by atoms with Crippen LogP contribution in [0.1, 0.15) is 18.5 Å². The third-order valence-electron chi connectivity index (χ3n) is 4.85. The van der Waals surface area contributed by atoms with Gasteiger partial charge in [0.15, 0.2) is 0 Å². The van der Waals surface area contributed by atoms with Gasteiger partial charge < -0.3 is 14.8 Å². The number of imidazole rings is 1. The van der Waals surface area contributed by atoms with E-state index < -0.39 is 10.2 Å². The van der Waals surface area contributed by atoms with Crippen LogP contribution in [0.4, 0.5) is 4.79 Å². The van der Waals surface area contributed by atoms with Crippen LogP contribution in [-0.4, -0.2) is 77.8 Å². The van der Waals surface area contributed by atoms with Gasteiger partial charge in [0.2, 0.25) is 0 Å². The highest BCUT2D eigenvalue weighted by Crippen LogP contribution is 2.17. The highest BCUT2D eigenvalue weighted by atomic mass is 32.2. The molecule has 1 aromatic carbocycles. The lowest BCUT2D eigenvalue weighted by Crippen LogP contribution is -2.55. The SMILES string of the molecule is C[C@@H](NC(=O)N1CCN(S(=O)(=O)N(C)C)CC1)c1ccc(-n2ccnc2)cc1. The Labute approximate surface area is 165 Å². The molecule has 1 saturated heterocycles. The summed E-state index contributed by atoms with van der Waals surface area (Å²) in [5, 5.41) is 2.99. The summed E-state index contributed by atoms with van der Waals surface area (Å²) in [5.74, 6) is 0. The first-order valence-electron chi connectivity index (χ1n) is 9.10. The highest BCUT2D eigenvalue weighted by Gasteiger charge is 2.30. The van der Waals surface area contributed by atoms with Crippen molar-refractivity contribution in [2.45, 2.75) is 13.0 Å². The first-order chi connectivity index (χ1) is 13.3. The number of amides is 2. The number of urea groups is 1. The minimum Gasteiger partial charge on any atom is -0.331 e. The van der Waals surface area contributed by atoms with E-state index in [2.05, 4.69) is 10.3 Å². The summed E-state index contributed by atoms with van der Waals surface area (Å²) in [7, 11) is -0.420. The lowest BCUT2D eigenvalue weighted by Gasteiger charge is -2.35. The summed E-state index contributed by atoms with van der Waals surface area (Å²) < 4.78 is 28.8. The Morgan fingerprint density at radius 1 is 1.14 bits per heavy atom. The number of rotatable bonds is 5. The molecule has 1 aliphatic rings. The molecule has 1 aromatic heterocycles. The van der Waals surface area contributed by atoms with Crippen molar-refractivity contribution < 1.29 is 13.2 Å². The van der Waals surface area contributed by atoms with Gasteiger partial charge in [0.05, 0.1) is 12.4 Å². The van der Waals surface area contributed by atoms with Crippen molar-refractivity contribution in [1.82, 2.24) is 28.4 Å². The number of nitrogens with zero attached hydrogens (tertiary/aromatic N) is 5. The van der Waals surface area contributed by atoms with Gasteiger partial charge in [-0.2, -0.15) is 17.0 Å². The number of carbonyl (C=O) groups excluding carboxylic acids is 1. The third kappa shape index (κ3) is 4.34. The van der Waals surface area contributed by atoms with E-state index in [4.69, 9.17) is 0 Å². The van der Waals surface area contributed by atoms with Crippen LogP contribution < -0.4 is 5.32 Å². The van der Waals surface area contributed by atoms with Gasteiger partial charge in [0, 0.05) is 58.4 Å². The first kappa shape index (κ1) is 20.3. The summed E-state index contributed by atoms with van der Waals surface area (Å²) in [5.41, 5.74) is 1.99. The molecule has 0 aliphatic carbocycles. The van der Waals surface area contributed by atoms with Crippen LogP contribution in [0.5, 0.6) is 0 Å². The molecule has 152 valence electrons. The van der Waals surface area contributed by atoms with Crippen molar-refractivity contribution in [3.05, 3.63) is 48.5 Å². The van der Waals surface area contributed by atoms with Gasteiger partial charge in [-0.15, -0.1) is 0 Å². The Bertz CT molecular complexity index is 888. The van der Waals surface area contributed by atoms with Gasteiger partial charge in [-0.1, -0.05) is 12.1 Å². The molecule has 2 heterocycles. The van der Waals surface area contributed by atoms with Gasteiger partial charge in [0.25, 0.3) is 10.2 Å². The highest BCUT2D eigenvalue weighted by molar-refractivity contribution is 7.86. The van der Waals surface area contributed by atoms with E-state index in [1.54, 1.807) is 17.4 Å². The molecule has 0 saturated carbocycles. The zero-order valence-electron chi connectivity index (χ0n) is 16.3. The summed E-state index contributed by atoms with van der Waals surface area (Å²) in [6.45, 7) is 3.25. The molecule has 0 unspecified atom stereocenters. The Balaban J connectivity index is 1.55. The van der Waals surface area contributed by atoms with Crippen LogP contribution >= 0.6 is 0 Å². The fraction of sp³-hybridized carbons (Fsp3) is 0.444. The van der Waals surface area contributed by atoms with E-state index in [0.717, 1.165) is 11.3 Å². The molecule has 3 rings (SSSR count). The van der Waals surface area contributed by atoms with Crippen molar-refractivity contribution >= 4 is 16.2 Å². The Morgan fingerprint density at radius 3 is 2.32 bits per heavy atom. The fourth-order valence-electron chi connectivity index (χ4n) is 3.06. The van der Waals surface area contributed by atoms with Gasteiger partial charge in [-0.05, 0) is 24.6 Å². The minimum absolute atomic E-state index is 0.159. The van der Waals surface area contributed by atoms with Crippen LogP contribution in [-0.2, 0) is 10.2 Å². The zero-order chi connectivity index (χ0) is 20.3. The first-order valence-corrected chi connectivity index (χ1v) is 10.5. The molecule has 0 bridgehead atoms. The van der Waals surface area contributed by atoms with Gasteiger partial charge >= 0.3 is 6.03 Å². The van der Waals surface area contributed by atoms with E-state index in [1.807, 2.05) is 42.0 Å². The molecular formula is C18H26N6O3S. The van der Waals surface area contributed by atoms with Crippen molar-refractivity contribution in [3.63, 3.8) is 0 Å². The predicted molar refractivity (Wildman–Crippen MR) is 106 cm³/mol. The lowest BCUT2D eigenvalue weighted by atomic mass is 10.1. The van der Waals surface area contributed by atoms with E-state index in [0.29, 0.717) is 26.2 Å². The number of hydrogen-bond acceptors (Lipinski definition) is 4. The Hall–Kier alpha value is -2.43. The third-order valence-corrected chi connectivity index (χ3v) is 6.79. The normalized spacial score (nSPS) is 16.9. The number of carbonyl (C=O) groups is 1. The average Bonchev–Trinajstić information content (AvgIpc) is 3.23. The molecule has 9 nitrogen and oxygen atoms in total. The maximum atomic E-state index is 12.5. The second-order valence-corrected chi connectivity index (χ2v) is 9.05. The molecule has 0 radical (unpaired) electrons. The largest absolute Gasteiger partial charge is 0.331 e. The van der Waals surface area contributed by atoms with Crippen LogP contribution in [0, 0.1) is 0 Å². The van der Waals surface area contributed by atoms with E-state index >= 15 is 0 Å². The van der Waals surface area contributed by atoms with Crippen LogP contribution in [0.15, 0.2) is 43.0 Å². The quantitative estimate of drug-likeness (QED) is 0.804. The minimum atomic E-state index is -3.44. The maximum Gasteiger partial charge on any atom is 0.317 e. The fourth-order valence-corrected chi connectivity index (χ4v) is 4.15. The molecule has 2 amide bonds. The second-order valence-electron chi connectivity index (χ2n) is 6.91. The molecule has 2 aromatic rings. The smallest absolute Gasteiger partial charge is 0.317 e. The van der Waals surface area contributed by atoms with E-state index in [-0.39, 0.29) is 12.1 Å². The van der Waals surface area contributed by atoms with Crippen molar-refractivity contribution in [2.75, 3.05) is 40.3 Å². The molecular weight excluding hydrogens is 380 g/mol. The topological polar surface area (TPSA) is 90.8 Å². The number of nitrogens with one attached hydrogen (secondary N) is 1. The number of piperazine rings is 1. The van der Waals surface area contributed by atoms with Crippen LogP contribution in [0.3, 0.4) is 0 Å². The number of benzene rings is 1. The molecule has 28 heavy (non-hydrogen) atoms. The monoisotopic (exact) mass is 406 g/mol. The van der Waals surface area contributed by atoms with Gasteiger partial charge in [-0.25, -0.2) is 9.78 Å². The number of hydrogen-bond donors (Lipinski definition) is 1. The summed E-state index contributed by atoms with van der Waals surface area (Å²) in [6.07, 6.45) is 5.33. The molecule has 1 atom stereocenters. The maximum absolute atomic E-state index is 12.5. The van der Waals surface area contributed by atoms with Gasteiger partial charge in [-0.3, -0.25) is 0 Å². The summed E-state index contributed by atoms with van der Waals surface area (Å²) >= 11 is 0. The molecule has 0 spiro atoms. The predicted octanol–water partition coefficient (Wildman–Crippen LogP) is 1.07. The molecule has 1 N–H and O–H groups in total. The average molecular weight is 407 g/mol. The van der Waals surface area contributed by atoms with Crippen molar-refractivity contribution in [1.29, 1.82) is 0 Å². The van der Waals surface area contributed by atoms with Crippen molar-refractivity contribution in [3.8, 4) is 5.69 Å². The Kier molecular flexibility index (Phi) is 6.01. The summed E-state index contributed by atoms with van der Waals surface area (Å²) in [4.78, 5) is 18.2. The number of aromatic nitrogens is 2. The van der Waals surface area contributed by atoms with Crippen molar-refractivity contribution in [2.24, 2.45) is 0 Å².